The lowest BCUT2D eigenvalue weighted by Crippen LogP contribution is -2.54. The van der Waals surface area contributed by atoms with Crippen LogP contribution in [0.5, 0.6) is 0 Å². The maximum Gasteiger partial charge on any atom is 0.0244 e. The minimum absolute atomic E-state index is 0.221. The molecule has 0 amide bonds. The molecular formula is C16H34N2. The highest BCUT2D eigenvalue weighted by molar-refractivity contribution is 4.87. The average molecular weight is 254 g/mol. The lowest BCUT2D eigenvalue weighted by atomic mass is 9.82. The Kier molecular flexibility index (Phi) is 5.25. The van der Waals surface area contributed by atoms with Gasteiger partial charge in [-0.2, -0.15) is 0 Å². The van der Waals surface area contributed by atoms with E-state index in [9.17, 15) is 0 Å². The van der Waals surface area contributed by atoms with Crippen molar-refractivity contribution in [2.75, 3.05) is 19.6 Å². The molecule has 0 radical (unpaired) electrons. The first kappa shape index (κ1) is 16.0. The molecule has 0 aromatic heterocycles. The summed E-state index contributed by atoms with van der Waals surface area (Å²) in [5, 5.41) is 3.69. The first-order valence-corrected chi connectivity index (χ1v) is 7.60. The first-order chi connectivity index (χ1) is 8.11. The van der Waals surface area contributed by atoms with Gasteiger partial charge < -0.3 is 5.32 Å². The summed E-state index contributed by atoms with van der Waals surface area (Å²) in [5.74, 6) is 0.716. The summed E-state index contributed by atoms with van der Waals surface area (Å²) in [5.41, 5.74) is 0.714. The molecule has 1 atom stereocenters. The summed E-state index contributed by atoms with van der Waals surface area (Å²) in [6, 6.07) is 0.670. The van der Waals surface area contributed by atoms with Crippen LogP contribution in [0.3, 0.4) is 0 Å². The van der Waals surface area contributed by atoms with Gasteiger partial charge in [0.1, 0.15) is 0 Å². The van der Waals surface area contributed by atoms with Gasteiger partial charge >= 0.3 is 0 Å². The zero-order valence-corrected chi connectivity index (χ0v) is 13.6. The monoisotopic (exact) mass is 254 g/mol. The molecule has 0 spiro atoms. The molecule has 1 saturated heterocycles. The SMILES string of the molecule is CC(C)C(CNC(C)(C)C)N1CCCC(C)(C)C1. The largest absolute Gasteiger partial charge is 0.311 e. The Morgan fingerprint density at radius 1 is 1.22 bits per heavy atom. The number of piperidine rings is 1. The van der Waals surface area contributed by atoms with Crippen LogP contribution in [0.1, 0.15) is 61.3 Å². The van der Waals surface area contributed by atoms with Crippen LogP contribution in [0.15, 0.2) is 0 Å². The van der Waals surface area contributed by atoms with E-state index in [-0.39, 0.29) is 5.54 Å². The van der Waals surface area contributed by atoms with Crippen molar-refractivity contribution < 1.29 is 0 Å². The van der Waals surface area contributed by atoms with E-state index in [0.717, 1.165) is 6.54 Å². The van der Waals surface area contributed by atoms with Crippen LogP contribution < -0.4 is 5.32 Å². The highest BCUT2D eigenvalue weighted by atomic mass is 15.2. The Balaban J connectivity index is 2.61. The maximum absolute atomic E-state index is 3.69. The van der Waals surface area contributed by atoms with Gasteiger partial charge in [-0.1, -0.05) is 27.7 Å². The smallest absolute Gasteiger partial charge is 0.0244 e. The standard InChI is InChI=1S/C16H34N2/c1-13(2)14(11-17-15(3,4)5)18-10-8-9-16(6,7)12-18/h13-14,17H,8-12H2,1-7H3. The summed E-state index contributed by atoms with van der Waals surface area (Å²) in [7, 11) is 0. The molecule has 1 fully saturated rings. The highest BCUT2D eigenvalue weighted by Gasteiger charge is 2.32. The molecule has 1 aliphatic rings. The van der Waals surface area contributed by atoms with Crippen molar-refractivity contribution >= 4 is 0 Å². The van der Waals surface area contributed by atoms with Gasteiger partial charge in [0.2, 0.25) is 0 Å². The minimum Gasteiger partial charge on any atom is -0.311 e. The van der Waals surface area contributed by atoms with Crippen molar-refractivity contribution in [3.63, 3.8) is 0 Å². The Labute approximate surface area is 115 Å². The fourth-order valence-corrected chi connectivity index (χ4v) is 2.95. The fourth-order valence-electron chi connectivity index (χ4n) is 2.95. The quantitative estimate of drug-likeness (QED) is 0.826. The van der Waals surface area contributed by atoms with Crippen LogP contribution in [0, 0.1) is 11.3 Å². The zero-order chi connectivity index (χ0) is 14.0. The van der Waals surface area contributed by atoms with Crippen molar-refractivity contribution in [2.24, 2.45) is 11.3 Å². The van der Waals surface area contributed by atoms with Crippen LogP contribution in [-0.4, -0.2) is 36.1 Å². The molecule has 1 rings (SSSR count). The van der Waals surface area contributed by atoms with E-state index in [2.05, 4.69) is 58.7 Å². The minimum atomic E-state index is 0.221. The van der Waals surface area contributed by atoms with Crippen molar-refractivity contribution in [1.29, 1.82) is 0 Å². The third-order valence-electron chi connectivity index (χ3n) is 4.01. The predicted molar refractivity (Wildman–Crippen MR) is 81.0 cm³/mol. The average Bonchev–Trinajstić information content (AvgIpc) is 2.13. The Bertz CT molecular complexity index is 250. The van der Waals surface area contributed by atoms with Gasteiger partial charge in [-0.15, -0.1) is 0 Å². The van der Waals surface area contributed by atoms with Gasteiger partial charge in [-0.25, -0.2) is 0 Å². The summed E-state index contributed by atoms with van der Waals surface area (Å²) in [4.78, 5) is 2.72. The lowest BCUT2D eigenvalue weighted by Gasteiger charge is -2.44. The van der Waals surface area contributed by atoms with Crippen molar-refractivity contribution in [1.82, 2.24) is 10.2 Å². The molecule has 2 heteroatoms. The highest BCUT2D eigenvalue weighted by Crippen LogP contribution is 2.30. The molecule has 0 aromatic rings. The lowest BCUT2D eigenvalue weighted by molar-refractivity contribution is 0.0555. The molecule has 0 saturated carbocycles. The molecule has 0 bridgehead atoms. The molecule has 0 aliphatic carbocycles. The maximum atomic E-state index is 3.69. The van der Waals surface area contributed by atoms with Crippen LogP contribution >= 0.6 is 0 Å². The topological polar surface area (TPSA) is 15.3 Å². The Morgan fingerprint density at radius 2 is 1.83 bits per heavy atom. The fraction of sp³-hybridized carbons (Fsp3) is 1.00. The van der Waals surface area contributed by atoms with Gasteiger partial charge in [0.05, 0.1) is 0 Å². The summed E-state index contributed by atoms with van der Waals surface area (Å²) in [6.07, 6.45) is 2.73. The molecule has 2 nitrogen and oxygen atoms in total. The third-order valence-corrected chi connectivity index (χ3v) is 4.01. The molecule has 18 heavy (non-hydrogen) atoms. The second-order valence-corrected chi connectivity index (χ2v) is 8.18. The normalized spacial score (nSPS) is 23.3. The zero-order valence-electron chi connectivity index (χ0n) is 13.6. The number of nitrogens with zero attached hydrogens (tertiary/aromatic N) is 1. The van der Waals surface area contributed by atoms with E-state index in [4.69, 9.17) is 0 Å². The van der Waals surface area contributed by atoms with Gasteiger partial charge in [-0.3, -0.25) is 4.90 Å². The van der Waals surface area contributed by atoms with Gasteiger partial charge in [-0.05, 0) is 51.5 Å². The predicted octanol–water partition coefficient (Wildman–Crippen LogP) is 3.52. The number of hydrogen-bond donors (Lipinski definition) is 1. The van der Waals surface area contributed by atoms with E-state index in [1.54, 1.807) is 0 Å². The van der Waals surface area contributed by atoms with Crippen LogP contribution in [0.25, 0.3) is 0 Å². The molecular weight excluding hydrogens is 220 g/mol. The van der Waals surface area contributed by atoms with Crippen molar-refractivity contribution in [3.8, 4) is 0 Å². The molecule has 0 aromatic carbocycles. The Morgan fingerprint density at radius 3 is 2.28 bits per heavy atom. The first-order valence-electron chi connectivity index (χ1n) is 7.60. The molecule has 1 heterocycles. The van der Waals surface area contributed by atoms with E-state index in [1.807, 2.05) is 0 Å². The van der Waals surface area contributed by atoms with E-state index >= 15 is 0 Å². The molecule has 1 aliphatic heterocycles. The molecule has 108 valence electrons. The van der Waals surface area contributed by atoms with Gasteiger partial charge in [0, 0.05) is 24.7 Å². The van der Waals surface area contributed by atoms with Crippen molar-refractivity contribution in [2.45, 2.75) is 72.9 Å². The van der Waals surface area contributed by atoms with Gasteiger partial charge in [0.15, 0.2) is 0 Å². The van der Waals surface area contributed by atoms with E-state index in [0.29, 0.717) is 17.4 Å². The number of likely N-dealkylation sites (tertiary alicyclic amines) is 1. The number of nitrogens with one attached hydrogen (secondary N) is 1. The van der Waals surface area contributed by atoms with Crippen LogP contribution in [0.2, 0.25) is 0 Å². The second kappa shape index (κ2) is 5.92. The van der Waals surface area contributed by atoms with Crippen molar-refractivity contribution in [3.05, 3.63) is 0 Å². The Hall–Kier alpha value is -0.0800. The molecule has 1 unspecified atom stereocenters. The van der Waals surface area contributed by atoms with Crippen LogP contribution in [-0.2, 0) is 0 Å². The second-order valence-electron chi connectivity index (χ2n) is 8.18. The van der Waals surface area contributed by atoms with Gasteiger partial charge in [0.25, 0.3) is 0 Å². The molecule has 1 N–H and O–H groups in total. The third kappa shape index (κ3) is 5.27. The summed E-state index contributed by atoms with van der Waals surface area (Å²) < 4.78 is 0. The van der Waals surface area contributed by atoms with Crippen LogP contribution in [0.4, 0.5) is 0 Å². The number of hydrogen-bond acceptors (Lipinski definition) is 2. The summed E-state index contributed by atoms with van der Waals surface area (Å²) in [6.45, 7) is 19.9. The summed E-state index contributed by atoms with van der Waals surface area (Å²) >= 11 is 0. The van der Waals surface area contributed by atoms with E-state index in [1.165, 1.54) is 25.9 Å². The number of rotatable bonds is 4. The van der Waals surface area contributed by atoms with E-state index < -0.39 is 0 Å².